The van der Waals surface area contributed by atoms with E-state index in [2.05, 4.69) is 0 Å². The van der Waals surface area contributed by atoms with Gasteiger partial charge in [-0.1, -0.05) is 11.6 Å². The maximum Gasteiger partial charge on any atom is 0.320 e. The first-order valence-corrected chi connectivity index (χ1v) is 5.26. The molecule has 1 unspecified atom stereocenters. The van der Waals surface area contributed by atoms with Gasteiger partial charge in [0.2, 0.25) is 0 Å². The molecule has 94 valence electrons. The lowest BCUT2D eigenvalue weighted by molar-refractivity contribution is -0.138. The van der Waals surface area contributed by atoms with Crippen LogP contribution in [0.5, 0.6) is 5.75 Å². The number of halogens is 2. The minimum absolute atomic E-state index is 0.0399. The summed E-state index contributed by atoms with van der Waals surface area (Å²) in [4.78, 5) is 10.7. The first kappa shape index (κ1) is 13.7. The van der Waals surface area contributed by atoms with Crippen LogP contribution in [0.15, 0.2) is 6.07 Å². The summed E-state index contributed by atoms with van der Waals surface area (Å²) in [7, 11) is 1.38. The van der Waals surface area contributed by atoms with Crippen LogP contribution in [0.25, 0.3) is 0 Å². The summed E-state index contributed by atoms with van der Waals surface area (Å²) in [5, 5.41) is 8.84. The number of methoxy groups -OCH3 is 1. The van der Waals surface area contributed by atoms with Gasteiger partial charge in [-0.05, 0) is 18.6 Å². The van der Waals surface area contributed by atoms with Gasteiger partial charge in [0.15, 0.2) is 0 Å². The Labute approximate surface area is 103 Å². The fourth-order valence-electron chi connectivity index (χ4n) is 1.52. The molecule has 0 saturated carbocycles. The van der Waals surface area contributed by atoms with Crippen molar-refractivity contribution in [3.05, 3.63) is 28.0 Å². The molecule has 17 heavy (non-hydrogen) atoms. The largest absolute Gasteiger partial charge is 0.495 e. The van der Waals surface area contributed by atoms with Gasteiger partial charge in [0, 0.05) is 12.0 Å². The van der Waals surface area contributed by atoms with Crippen molar-refractivity contribution in [2.45, 2.75) is 19.4 Å². The van der Waals surface area contributed by atoms with Crippen LogP contribution in [0, 0.1) is 12.7 Å². The van der Waals surface area contributed by atoms with Gasteiger partial charge in [0.05, 0.1) is 12.1 Å². The van der Waals surface area contributed by atoms with Gasteiger partial charge in [0.1, 0.15) is 17.6 Å². The highest BCUT2D eigenvalue weighted by Gasteiger charge is 2.20. The monoisotopic (exact) mass is 261 g/mol. The minimum Gasteiger partial charge on any atom is -0.495 e. The Morgan fingerprint density at radius 2 is 2.29 bits per heavy atom. The third-order valence-electron chi connectivity index (χ3n) is 2.50. The lowest BCUT2D eigenvalue weighted by Gasteiger charge is -2.15. The summed E-state index contributed by atoms with van der Waals surface area (Å²) in [6.45, 7) is 1.53. The molecule has 0 aliphatic heterocycles. The van der Waals surface area contributed by atoms with Crippen molar-refractivity contribution < 1.29 is 19.0 Å². The predicted octanol–water partition coefficient (Wildman–Crippen LogP) is 1.75. The number of rotatable bonds is 4. The number of hydrogen-bond acceptors (Lipinski definition) is 3. The quantitative estimate of drug-likeness (QED) is 0.866. The summed E-state index contributed by atoms with van der Waals surface area (Å²) in [6, 6.07) is 0.00590. The van der Waals surface area contributed by atoms with Gasteiger partial charge >= 0.3 is 5.97 Å². The van der Waals surface area contributed by atoms with Gasteiger partial charge in [-0.15, -0.1) is 0 Å². The Bertz CT molecular complexity index is 451. The molecule has 0 aromatic heterocycles. The molecule has 0 amide bonds. The van der Waals surface area contributed by atoms with E-state index in [4.69, 9.17) is 27.2 Å². The highest BCUT2D eigenvalue weighted by atomic mass is 35.5. The number of benzene rings is 1. The van der Waals surface area contributed by atoms with Gasteiger partial charge < -0.3 is 15.6 Å². The topological polar surface area (TPSA) is 72.5 Å². The van der Waals surface area contributed by atoms with Crippen LogP contribution >= 0.6 is 11.6 Å². The maximum absolute atomic E-state index is 13.5. The summed E-state index contributed by atoms with van der Waals surface area (Å²) in [5.74, 6) is -1.41. The molecule has 0 fully saturated rings. The molecule has 0 radical (unpaired) electrons. The number of ether oxygens (including phenoxy) is 1. The Kier molecular flexibility index (Phi) is 4.31. The van der Waals surface area contributed by atoms with E-state index >= 15 is 0 Å². The highest BCUT2D eigenvalue weighted by molar-refractivity contribution is 6.32. The number of hydrogen-bond donors (Lipinski definition) is 2. The third kappa shape index (κ3) is 2.87. The molecule has 0 aliphatic rings. The van der Waals surface area contributed by atoms with Crippen molar-refractivity contribution in [3.63, 3.8) is 0 Å². The van der Waals surface area contributed by atoms with Gasteiger partial charge in [-0.3, -0.25) is 4.79 Å². The fourth-order valence-corrected chi connectivity index (χ4v) is 1.80. The number of nitrogens with two attached hydrogens (primary N) is 1. The zero-order chi connectivity index (χ0) is 13.2. The smallest absolute Gasteiger partial charge is 0.320 e. The second kappa shape index (κ2) is 5.33. The molecule has 0 spiro atoms. The summed E-state index contributed by atoms with van der Waals surface area (Å²) < 4.78 is 18.5. The van der Waals surface area contributed by atoms with E-state index in [1.807, 2.05) is 0 Å². The van der Waals surface area contributed by atoms with E-state index in [-0.39, 0.29) is 17.2 Å². The average Bonchev–Trinajstić information content (AvgIpc) is 2.25. The zero-order valence-electron chi connectivity index (χ0n) is 9.46. The zero-order valence-corrected chi connectivity index (χ0v) is 10.2. The number of aliphatic carboxylic acids is 1. The Morgan fingerprint density at radius 1 is 1.71 bits per heavy atom. The standard InChI is InChI=1S/C11H13ClFNO3/c1-5-6(3-9(14)11(15)16)10(17-2)7(12)4-8(5)13/h4,9H,3,14H2,1-2H3,(H,15,16). The number of carboxylic acids is 1. The third-order valence-corrected chi connectivity index (χ3v) is 2.78. The molecule has 1 rings (SSSR count). The van der Waals surface area contributed by atoms with E-state index in [0.29, 0.717) is 11.1 Å². The van der Waals surface area contributed by atoms with Gasteiger partial charge in [-0.2, -0.15) is 0 Å². The Hall–Kier alpha value is -1.33. The molecule has 3 N–H and O–H groups in total. The van der Waals surface area contributed by atoms with E-state index in [9.17, 15) is 9.18 Å². The average molecular weight is 262 g/mol. The second-order valence-electron chi connectivity index (χ2n) is 3.63. The van der Waals surface area contributed by atoms with Gasteiger partial charge in [-0.25, -0.2) is 4.39 Å². The molecule has 6 heteroatoms. The highest BCUT2D eigenvalue weighted by Crippen LogP contribution is 2.33. The minimum atomic E-state index is -1.16. The predicted molar refractivity (Wildman–Crippen MR) is 62.0 cm³/mol. The van der Waals surface area contributed by atoms with Crippen LogP contribution in [0.2, 0.25) is 5.02 Å². The molecule has 1 aromatic carbocycles. The van der Waals surface area contributed by atoms with Crippen molar-refractivity contribution in [2.75, 3.05) is 7.11 Å². The molecular weight excluding hydrogens is 249 g/mol. The lowest BCUT2D eigenvalue weighted by Crippen LogP contribution is -2.32. The van der Waals surface area contributed by atoms with Crippen molar-refractivity contribution in [1.82, 2.24) is 0 Å². The molecule has 0 heterocycles. The molecule has 0 saturated heterocycles. The van der Waals surface area contributed by atoms with Crippen LogP contribution in [-0.2, 0) is 11.2 Å². The first-order chi connectivity index (χ1) is 7.88. The van der Waals surface area contributed by atoms with E-state index in [1.165, 1.54) is 14.0 Å². The Balaban J connectivity index is 3.25. The normalized spacial score (nSPS) is 12.3. The molecule has 4 nitrogen and oxygen atoms in total. The van der Waals surface area contributed by atoms with Crippen LogP contribution in [-0.4, -0.2) is 24.2 Å². The van der Waals surface area contributed by atoms with E-state index < -0.39 is 17.8 Å². The summed E-state index contributed by atoms with van der Waals surface area (Å²) in [6.07, 6.45) is -0.0399. The molecule has 0 bridgehead atoms. The van der Waals surface area contributed by atoms with Crippen LogP contribution in [0.1, 0.15) is 11.1 Å². The van der Waals surface area contributed by atoms with Gasteiger partial charge in [0.25, 0.3) is 0 Å². The SMILES string of the molecule is COc1c(Cl)cc(F)c(C)c1CC(N)C(=O)O. The van der Waals surface area contributed by atoms with Crippen molar-refractivity contribution in [3.8, 4) is 5.75 Å². The second-order valence-corrected chi connectivity index (χ2v) is 4.03. The number of carboxylic acid groups (broad SMARTS) is 1. The van der Waals surface area contributed by atoms with Crippen LogP contribution in [0.3, 0.4) is 0 Å². The summed E-state index contributed by atoms with van der Waals surface area (Å²) >= 11 is 5.82. The molecule has 1 aromatic rings. The maximum atomic E-state index is 13.5. The Morgan fingerprint density at radius 3 is 2.76 bits per heavy atom. The number of carbonyl (C=O) groups is 1. The van der Waals surface area contributed by atoms with Crippen LogP contribution < -0.4 is 10.5 Å². The van der Waals surface area contributed by atoms with Crippen molar-refractivity contribution in [2.24, 2.45) is 5.73 Å². The molecule has 0 aliphatic carbocycles. The summed E-state index contributed by atoms with van der Waals surface area (Å²) in [5.41, 5.74) is 6.10. The van der Waals surface area contributed by atoms with Crippen LogP contribution in [0.4, 0.5) is 4.39 Å². The lowest BCUT2D eigenvalue weighted by atomic mass is 10.00. The molecular formula is C11H13ClFNO3. The fraction of sp³-hybridized carbons (Fsp3) is 0.364. The molecule has 1 atom stereocenters. The van der Waals surface area contributed by atoms with Crippen molar-refractivity contribution in [1.29, 1.82) is 0 Å². The first-order valence-electron chi connectivity index (χ1n) is 4.88. The van der Waals surface area contributed by atoms with Crippen molar-refractivity contribution >= 4 is 17.6 Å². The van der Waals surface area contributed by atoms with E-state index in [0.717, 1.165) is 6.07 Å². The van der Waals surface area contributed by atoms with E-state index in [1.54, 1.807) is 0 Å².